The van der Waals surface area contributed by atoms with Crippen LogP contribution in [-0.4, -0.2) is 16.9 Å². The van der Waals surface area contributed by atoms with Crippen molar-refractivity contribution in [1.82, 2.24) is 9.88 Å². The fraction of sp³-hybridized carbons (Fsp3) is 0.414. The number of anilines is 1. The highest BCUT2D eigenvalue weighted by molar-refractivity contribution is 5.78. The molecule has 0 unspecified atom stereocenters. The van der Waals surface area contributed by atoms with Gasteiger partial charge < -0.3 is 10.2 Å². The number of aromatic nitrogens is 1. The molecule has 3 nitrogen and oxygen atoms in total. The average molecular weight is 430 g/mol. The molecule has 3 heteroatoms. The molecule has 2 aromatic carbocycles. The summed E-state index contributed by atoms with van der Waals surface area (Å²) in [6.07, 6.45) is 12.3. The second-order valence-electron chi connectivity index (χ2n) is 9.21. The Morgan fingerprint density at radius 1 is 0.906 bits per heavy atom. The Kier molecular flexibility index (Phi) is 8.72. The van der Waals surface area contributed by atoms with Crippen LogP contribution in [-0.2, 0) is 6.54 Å². The summed E-state index contributed by atoms with van der Waals surface area (Å²) in [4.78, 5) is 6.51. The second-order valence-corrected chi connectivity index (χ2v) is 9.21. The molecule has 0 aliphatic heterocycles. The van der Waals surface area contributed by atoms with Crippen LogP contribution < -0.4 is 5.32 Å². The van der Waals surface area contributed by atoms with Crippen molar-refractivity contribution in [3.8, 4) is 0 Å². The third-order valence-corrected chi connectivity index (χ3v) is 6.24. The van der Waals surface area contributed by atoms with Crippen molar-refractivity contribution in [3.05, 3.63) is 83.3 Å². The monoisotopic (exact) mass is 429 g/mol. The van der Waals surface area contributed by atoms with Crippen molar-refractivity contribution in [1.29, 1.82) is 0 Å². The molecule has 4 rings (SSSR count). The number of nitrogens with zero attached hydrogens (tertiary/aromatic N) is 2. The van der Waals surface area contributed by atoms with Crippen LogP contribution in [0.5, 0.6) is 0 Å². The molecular formula is C29H39N3. The van der Waals surface area contributed by atoms with Gasteiger partial charge in [-0.15, -0.1) is 0 Å². The topological polar surface area (TPSA) is 28.2 Å². The van der Waals surface area contributed by atoms with Gasteiger partial charge in [-0.25, -0.2) is 0 Å². The molecule has 0 spiro atoms. The first kappa shape index (κ1) is 23.8. The molecule has 1 heterocycles. The van der Waals surface area contributed by atoms with Crippen LogP contribution in [0.25, 0.3) is 10.9 Å². The maximum atomic E-state index is 4.38. The molecule has 0 amide bonds. The van der Waals surface area contributed by atoms with E-state index in [1.165, 1.54) is 67.2 Å². The standard InChI is InChI=1S/C22H25N3.C7H14/c1-15-11-16(2)22(17(3)12-15)24-18(4)25(5)14-19-8-9-21-20(13-19)7-6-10-23-21;1-2-4-6-7-5-3-1/h6-13,24H,4,14H2,1-3,5H3;1-7H2. The maximum Gasteiger partial charge on any atom is 0.0984 e. The van der Waals surface area contributed by atoms with Crippen molar-refractivity contribution in [3.63, 3.8) is 0 Å². The minimum absolute atomic E-state index is 0.792. The Morgan fingerprint density at radius 3 is 2.09 bits per heavy atom. The van der Waals surface area contributed by atoms with Crippen LogP contribution in [0.2, 0.25) is 0 Å². The fourth-order valence-corrected chi connectivity index (χ4v) is 4.45. The van der Waals surface area contributed by atoms with Crippen LogP contribution >= 0.6 is 0 Å². The van der Waals surface area contributed by atoms with E-state index < -0.39 is 0 Å². The quantitative estimate of drug-likeness (QED) is 0.418. The molecule has 1 fully saturated rings. The highest BCUT2D eigenvalue weighted by atomic mass is 15.2. The number of hydrogen-bond acceptors (Lipinski definition) is 3. The zero-order valence-corrected chi connectivity index (χ0v) is 20.4. The van der Waals surface area contributed by atoms with Crippen molar-refractivity contribution in [2.45, 2.75) is 72.3 Å². The number of fused-ring (bicyclic) bond motifs is 1. The maximum absolute atomic E-state index is 4.38. The Bertz CT molecular complexity index is 995. The molecule has 3 aromatic rings. The third-order valence-electron chi connectivity index (χ3n) is 6.24. The van der Waals surface area contributed by atoms with Crippen molar-refractivity contribution in [2.24, 2.45) is 0 Å². The van der Waals surface area contributed by atoms with Crippen LogP contribution in [0.4, 0.5) is 5.69 Å². The van der Waals surface area contributed by atoms with Gasteiger partial charge in [0.1, 0.15) is 0 Å². The van der Waals surface area contributed by atoms with E-state index in [2.05, 4.69) is 86.0 Å². The number of aryl methyl sites for hydroxylation is 3. The van der Waals surface area contributed by atoms with Gasteiger partial charge in [-0.05, 0) is 55.7 Å². The van der Waals surface area contributed by atoms with Crippen molar-refractivity contribution in [2.75, 3.05) is 12.4 Å². The molecule has 0 atom stereocenters. The van der Waals surface area contributed by atoms with E-state index in [-0.39, 0.29) is 0 Å². The Labute approximate surface area is 194 Å². The number of nitrogens with one attached hydrogen (secondary N) is 1. The summed E-state index contributed by atoms with van der Waals surface area (Å²) in [6, 6.07) is 14.8. The molecule has 170 valence electrons. The largest absolute Gasteiger partial charge is 0.357 e. The molecular weight excluding hydrogens is 390 g/mol. The van der Waals surface area contributed by atoms with E-state index in [0.29, 0.717) is 0 Å². The molecule has 0 radical (unpaired) electrons. The summed E-state index contributed by atoms with van der Waals surface area (Å²) in [5.74, 6) is 0.890. The number of pyridine rings is 1. The van der Waals surface area contributed by atoms with Gasteiger partial charge in [-0.3, -0.25) is 4.98 Å². The predicted molar refractivity (Wildman–Crippen MR) is 139 cm³/mol. The van der Waals surface area contributed by atoms with E-state index in [4.69, 9.17) is 0 Å². The summed E-state index contributed by atoms with van der Waals surface area (Å²) in [5.41, 5.74) is 7.17. The van der Waals surface area contributed by atoms with E-state index in [9.17, 15) is 0 Å². The van der Waals surface area contributed by atoms with E-state index in [1.54, 1.807) is 0 Å². The Balaban J connectivity index is 0.000000352. The summed E-state index contributed by atoms with van der Waals surface area (Å²) < 4.78 is 0. The Morgan fingerprint density at radius 2 is 1.50 bits per heavy atom. The minimum Gasteiger partial charge on any atom is -0.357 e. The zero-order valence-electron chi connectivity index (χ0n) is 20.4. The first-order chi connectivity index (χ1) is 15.4. The first-order valence-electron chi connectivity index (χ1n) is 12.0. The van der Waals surface area contributed by atoms with Gasteiger partial charge in [-0.1, -0.05) is 81.4 Å². The number of rotatable bonds is 5. The molecule has 1 aromatic heterocycles. The van der Waals surface area contributed by atoms with Crippen molar-refractivity contribution < 1.29 is 0 Å². The van der Waals surface area contributed by atoms with Crippen LogP contribution in [0.1, 0.15) is 67.2 Å². The predicted octanol–water partition coefficient (Wildman–Crippen LogP) is 7.91. The average Bonchev–Trinajstić information content (AvgIpc) is 3.09. The molecule has 0 bridgehead atoms. The molecule has 0 saturated heterocycles. The summed E-state index contributed by atoms with van der Waals surface area (Å²) in [6.45, 7) is 11.4. The van der Waals surface area contributed by atoms with Gasteiger partial charge in [0.2, 0.25) is 0 Å². The Hall–Kier alpha value is -2.81. The molecule has 1 aliphatic carbocycles. The van der Waals surface area contributed by atoms with Crippen LogP contribution in [0, 0.1) is 20.8 Å². The minimum atomic E-state index is 0.792. The highest BCUT2D eigenvalue weighted by Gasteiger charge is 2.09. The fourth-order valence-electron chi connectivity index (χ4n) is 4.45. The van der Waals surface area contributed by atoms with Gasteiger partial charge in [0, 0.05) is 30.9 Å². The van der Waals surface area contributed by atoms with Gasteiger partial charge in [-0.2, -0.15) is 0 Å². The lowest BCUT2D eigenvalue weighted by Gasteiger charge is -2.25. The van der Waals surface area contributed by atoms with E-state index in [0.717, 1.165) is 29.0 Å². The zero-order chi connectivity index (χ0) is 22.9. The first-order valence-corrected chi connectivity index (χ1v) is 12.0. The molecule has 32 heavy (non-hydrogen) atoms. The molecule has 1 saturated carbocycles. The van der Waals surface area contributed by atoms with Gasteiger partial charge in [0.25, 0.3) is 0 Å². The van der Waals surface area contributed by atoms with Crippen LogP contribution in [0.3, 0.4) is 0 Å². The van der Waals surface area contributed by atoms with Crippen molar-refractivity contribution >= 4 is 16.6 Å². The second kappa shape index (κ2) is 11.7. The van der Waals surface area contributed by atoms with Gasteiger partial charge in [0.15, 0.2) is 0 Å². The summed E-state index contributed by atoms with van der Waals surface area (Å²) in [7, 11) is 2.06. The smallest absolute Gasteiger partial charge is 0.0984 e. The third kappa shape index (κ3) is 6.85. The lowest BCUT2D eigenvalue weighted by molar-refractivity contribution is 0.418. The van der Waals surface area contributed by atoms with Gasteiger partial charge >= 0.3 is 0 Å². The molecule has 1 aliphatic rings. The van der Waals surface area contributed by atoms with E-state index in [1.807, 2.05) is 12.3 Å². The van der Waals surface area contributed by atoms with E-state index >= 15 is 0 Å². The molecule has 1 N–H and O–H groups in total. The SMILES string of the molecule is C1CCCCCC1.C=C(Nc1c(C)cc(C)cc1C)N(C)Cc1ccc2ncccc2c1. The van der Waals surface area contributed by atoms with Gasteiger partial charge in [0.05, 0.1) is 11.3 Å². The lowest BCUT2D eigenvalue weighted by atomic mass is 10.1. The normalized spacial score (nSPS) is 13.6. The lowest BCUT2D eigenvalue weighted by Crippen LogP contribution is -2.22. The number of benzene rings is 2. The van der Waals surface area contributed by atoms with Crippen LogP contribution in [0.15, 0.2) is 61.1 Å². The number of hydrogen-bond donors (Lipinski definition) is 1. The highest BCUT2D eigenvalue weighted by Crippen LogP contribution is 2.24. The summed E-state index contributed by atoms with van der Waals surface area (Å²) in [5, 5.41) is 4.65. The summed E-state index contributed by atoms with van der Waals surface area (Å²) >= 11 is 0.